The van der Waals surface area contributed by atoms with Crippen molar-refractivity contribution in [3.63, 3.8) is 0 Å². The van der Waals surface area contributed by atoms with Crippen LogP contribution >= 0.6 is 23.2 Å². The van der Waals surface area contributed by atoms with Crippen LogP contribution in [0.2, 0.25) is 10.0 Å². The van der Waals surface area contributed by atoms with Crippen molar-refractivity contribution in [2.24, 2.45) is 4.99 Å². The molecule has 3 amide bonds. The van der Waals surface area contributed by atoms with Crippen molar-refractivity contribution < 1.29 is 32.6 Å². The van der Waals surface area contributed by atoms with Crippen LogP contribution in [0.25, 0.3) is 0 Å². The zero-order chi connectivity index (χ0) is 33.7. The maximum Gasteiger partial charge on any atom is 0.416 e. The first kappa shape index (κ1) is 34.5. The average molecular weight is 693 g/mol. The quantitative estimate of drug-likeness (QED) is 0.277. The van der Waals surface area contributed by atoms with Crippen molar-refractivity contribution in [3.8, 4) is 5.75 Å². The Labute approximate surface area is 280 Å². The van der Waals surface area contributed by atoms with Gasteiger partial charge < -0.3 is 25.0 Å². The molecule has 0 aliphatic carbocycles. The summed E-state index contributed by atoms with van der Waals surface area (Å²) in [5.41, 5.74) is 0.777. The van der Waals surface area contributed by atoms with E-state index in [1.807, 2.05) is 0 Å². The fourth-order valence-electron chi connectivity index (χ4n) is 5.70. The molecule has 2 unspecified atom stereocenters. The van der Waals surface area contributed by atoms with Crippen molar-refractivity contribution in [1.29, 1.82) is 0 Å². The number of alkyl halides is 3. The summed E-state index contributed by atoms with van der Waals surface area (Å²) in [5.74, 6) is -0.0583. The Morgan fingerprint density at radius 2 is 1.53 bits per heavy atom. The lowest BCUT2D eigenvalue weighted by Gasteiger charge is -2.39. The maximum atomic E-state index is 14.6. The highest BCUT2D eigenvalue weighted by molar-refractivity contribution is 6.30. The molecule has 14 heteroatoms. The third kappa shape index (κ3) is 7.83. The van der Waals surface area contributed by atoms with Crippen LogP contribution in [0.5, 0.6) is 5.75 Å². The molecule has 2 heterocycles. The molecule has 0 radical (unpaired) electrons. The molecular weight excluding hydrogens is 658 g/mol. The van der Waals surface area contributed by atoms with Crippen molar-refractivity contribution in [1.82, 2.24) is 20.0 Å². The number of carbonyl (C=O) groups excluding carboxylic acids is 2. The van der Waals surface area contributed by atoms with Gasteiger partial charge in [0.2, 0.25) is 5.91 Å². The number of aliphatic imine (C=N–C) groups is 1. The van der Waals surface area contributed by atoms with Gasteiger partial charge in [0.1, 0.15) is 17.6 Å². The van der Waals surface area contributed by atoms with Crippen LogP contribution in [0.3, 0.4) is 0 Å². The lowest BCUT2D eigenvalue weighted by Crippen LogP contribution is -2.56. The number of aliphatic hydroxyl groups is 1. The number of hydrogen-bond acceptors (Lipinski definition) is 6. The minimum Gasteiger partial charge on any atom is -0.493 e. The first-order valence-electron chi connectivity index (χ1n) is 15.1. The second-order valence-corrected chi connectivity index (χ2v) is 11.9. The van der Waals surface area contributed by atoms with Gasteiger partial charge >= 0.3 is 12.2 Å². The molecule has 0 saturated carbocycles. The van der Waals surface area contributed by atoms with Crippen LogP contribution in [0, 0.1) is 0 Å². The minimum atomic E-state index is -4.61. The number of hydrogen-bond donors (Lipinski definition) is 2. The van der Waals surface area contributed by atoms with Crippen LogP contribution in [-0.2, 0) is 11.0 Å². The first-order chi connectivity index (χ1) is 22.5. The van der Waals surface area contributed by atoms with Gasteiger partial charge in [-0.15, -0.1) is 0 Å². The molecule has 0 bridgehead atoms. The molecule has 5 rings (SSSR count). The van der Waals surface area contributed by atoms with Gasteiger partial charge in [0, 0.05) is 42.8 Å². The van der Waals surface area contributed by atoms with Gasteiger partial charge in [0.25, 0.3) is 0 Å². The Bertz CT molecular complexity index is 1600. The van der Waals surface area contributed by atoms with E-state index in [1.54, 1.807) is 65.3 Å². The number of piperazine rings is 1. The summed E-state index contributed by atoms with van der Waals surface area (Å²) in [6, 6.07) is 15.4. The second kappa shape index (κ2) is 14.9. The summed E-state index contributed by atoms with van der Waals surface area (Å²) in [4.78, 5) is 37.1. The number of urea groups is 1. The van der Waals surface area contributed by atoms with E-state index in [0.29, 0.717) is 15.6 Å². The van der Waals surface area contributed by atoms with Crippen LogP contribution < -0.4 is 10.1 Å². The molecule has 2 N–H and O–H groups in total. The number of halogens is 5. The molecule has 2 aliphatic rings. The van der Waals surface area contributed by atoms with E-state index in [9.17, 15) is 22.8 Å². The van der Waals surface area contributed by atoms with Crippen LogP contribution in [-0.4, -0.2) is 90.1 Å². The Balaban J connectivity index is 1.58. The number of amidine groups is 1. The average Bonchev–Trinajstić information content (AvgIpc) is 3.45. The highest BCUT2D eigenvalue weighted by atomic mass is 35.5. The smallest absolute Gasteiger partial charge is 0.416 e. The largest absolute Gasteiger partial charge is 0.493 e. The van der Waals surface area contributed by atoms with Crippen LogP contribution in [0.4, 0.5) is 18.0 Å². The number of carbonyl (C=O) groups is 2. The molecule has 2 atom stereocenters. The molecule has 2 aliphatic heterocycles. The van der Waals surface area contributed by atoms with Crippen molar-refractivity contribution >= 4 is 41.0 Å². The minimum absolute atomic E-state index is 0.0590. The predicted molar refractivity (Wildman–Crippen MR) is 173 cm³/mol. The van der Waals surface area contributed by atoms with Gasteiger partial charge in [0.15, 0.2) is 0 Å². The summed E-state index contributed by atoms with van der Waals surface area (Å²) >= 11 is 12.4. The summed E-state index contributed by atoms with van der Waals surface area (Å²) in [6.45, 7) is 3.01. The van der Waals surface area contributed by atoms with E-state index in [1.165, 1.54) is 11.0 Å². The number of nitrogens with one attached hydrogen (secondary N) is 1. The van der Waals surface area contributed by atoms with Crippen molar-refractivity contribution in [3.05, 3.63) is 99.0 Å². The number of ether oxygens (including phenoxy) is 1. The molecule has 0 aromatic heterocycles. The van der Waals surface area contributed by atoms with Crippen LogP contribution in [0.1, 0.15) is 41.3 Å². The molecule has 47 heavy (non-hydrogen) atoms. The third-order valence-corrected chi connectivity index (χ3v) is 8.52. The van der Waals surface area contributed by atoms with Gasteiger partial charge in [0.05, 0.1) is 36.9 Å². The SMILES string of the molecule is CCOc1cc(C(F)(F)F)ccc1C1=NC(c2ccc(Cl)cc2)C(c2ccc(Cl)cc2)N1C(=O)N1CCN(C(=O)CNCCO)CC1. The standard InChI is InChI=1S/C33H34Cl2F3N5O4/c1-2-47-27-19-23(33(36,37)38)7-12-26(27)31-40-29(21-3-8-24(34)9-4-21)30(22-5-10-25(35)11-6-22)43(31)32(46)42-16-14-41(15-17-42)28(45)20-39-13-18-44/h3-12,19,29-30,39,44H,2,13-18,20H2,1H3. The molecule has 1 saturated heterocycles. The molecule has 250 valence electrons. The zero-order valence-corrected chi connectivity index (χ0v) is 27.0. The van der Waals surface area contributed by atoms with E-state index in [2.05, 4.69) is 5.32 Å². The molecule has 0 spiro atoms. The molecule has 3 aromatic rings. The third-order valence-electron chi connectivity index (χ3n) is 8.01. The fourth-order valence-corrected chi connectivity index (χ4v) is 5.95. The highest BCUT2D eigenvalue weighted by Gasteiger charge is 2.45. The number of aliphatic hydroxyl groups excluding tert-OH is 1. The van der Waals surface area contributed by atoms with E-state index in [-0.39, 0.29) is 75.5 Å². The highest BCUT2D eigenvalue weighted by Crippen LogP contribution is 2.46. The summed E-state index contributed by atoms with van der Waals surface area (Å²) in [7, 11) is 0. The van der Waals surface area contributed by atoms with Crippen molar-refractivity contribution in [2.75, 3.05) is 52.5 Å². The van der Waals surface area contributed by atoms with E-state index in [0.717, 1.165) is 17.7 Å². The second-order valence-electron chi connectivity index (χ2n) is 11.0. The normalized spacial score (nSPS) is 18.4. The van der Waals surface area contributed by atoms with E-state index < -0.39 is 29.9 Å². The van der Waals surface area contributed by atoms with Crippen molar-refractivity contribution in [2.45, 2.75) is 25.2 Å². The Kier molecular flexibility index (Phi) is 11.0. The molecule has 3 aromatic carbocycles. The maximum absolute atomic E-state index is 14.6. The van der Waals surface area contributed by atoms with Gasteiger partial charge in [-0.2, -0.15) is 13.2 Å². The number of nitrogens with zero attached hydrogens (tertiary/aromatic N) is 4. The Morgan fingerprint density at radius 1 is 0.936 bits per heavy atom. The van der Waals surface area contributed by atoms with Gasteiger partial charge in [-0.1, -0.05) is 47.5 Å². The van der Waals surface area contributed by atoms with Crippen LogP contribution in [0.15, 0.2) is 71.7 Å². The van der Waals surface area contributed by atoms with E-state index in [4.69, 9.17) is 38.0 Å². The Hall–Kier alpha value is -3.84. The summed E-state index contributed by atoms with van der Waals surface area (Å²) in [6.07, 6.45) is -4.61. The monoisotopic (exact) mass is 691 g/mol. The van der Waals surface area contributed by atoms with E-state index >= 15 is 0 Å². The van der Waals surface area contributed by atoms with Gasteiger partial charge in [-0.3, -0.25) is 14.7 Å². The predicted octanol–water partition coefficient (Wildman–Crippen LogP) is 5.80. The number of amides is 3. The number of rotatable bonds is 9. The zero-order valence-electron chi connectivity index (χ0n) is 25.5. The lowest BCUT2D eigenvalue weighted by atomic mass is 9.93. The lowest BCUT2D eigenvalue weighted by molar-refractivity contribution is -0.137. The molecule has 1 fully saturated rings. The number of benzene rings is 3. The van der Waals surface area contributed by atoms with Gasteiger partial charge in [-0.05, 0) is 60.5 Å². The Morgan fingerprint density at radius 3 is 2.11 bits per heavy atom. The topological polar surface area (TPSA) is 97.7 Å². The fraction of sp³-hybridized carbons (Fsp3) is 0.364. The van der Waals surface area contributed by atoms with Gasteiger partial charge in [-0.25, -0.2) is 4.79 Å². The summed E-state index contributed by atoms with van der Waals surface area (Å²) < 4.78 is 47.0. The summed E-state index contributed by atoms with van der Waals surface area (Å²) in [5, 5.41) is 12.9. The first-order valence-corrected chi connectivity index (χ1v) is 15.9. The molecular formula is C33H34Cl2F3N5O4. The molecule has 9 nitrogen and oxygen atoms in total.